The van der Waals surface area contributed by atoms with Crippen LogP contribution in [0.15, 0.2) is 17.7 Å². The first-order valence-corrected chi connectivity index (χ1v) is 8.35. The van der Waals surface area contributed by atoms with E-state index in [1.165, 1.54) is 20.3 Å². The molecule has 0 unspecified atom stereocenters. The van der Waals surface area contributed by atoms with Crippen LogP contribution in [0.5, 0.6) is 17.2 Å². The zero-order valence-corrected chi connectivity index (χ0v) is 14.7. The lowest BCUT2D eigenvalue weighted by atomic mass is 9.72. The summed E-state index contributed by atoms with van der Waals surface area (Å²) in [6, 6.07) is 0.913. The molecule has 1 aliphatic carbocycles. The standard InChI is InChI=1S/C18H21NO7/c1-19-5-4-8-6-11(21)16(22)18(15(8)19)9-7-10(20)13(24-2)14(25-3)12(9)17(23)26-18/h6-7,11,15-16,20-22H,4-5H2,1-3H3/t11-,15+,16+,18+/m0/s1. The Kier molecular flexibility index (Phi) is 3.69. The zero-order valence-electron chi connectivity index (χ0n) is 14.7. The number of aliphatic hydroxyl groups excluding tert-OH is 2. The van der Waals surface area contributed by atoms with Gasteiger partial charge in [-0.1, -0.05) is 6.08 Å². The summed E-state index contributed by atoms with van der Waals surface area (Å²) in [5.74, 6) is -0.869. The first-order valence-electron chi connectivity index (χ1n) is 8.35. The van der Waals surface area contributed by atoms with Gasteiger partial charge >= 0.3 is 5.97 Å². The van der Waals surface area contributed by atoms with Crippen molar-refractivity contribution in [3.05, 3.63) is 28.8 Å². The van der Waals surface area contributed by atoms with Crippen LogP contribution in [0.3, 0.4) is 0 Å². The average molecular weight is 363 g/mol. The Balaban J connectivity index is 2.03. The molecule has 4 atom stereocenters. The van der Waals surface area contributed by atoms with Gasteiger partial charge in [0.25, 0.3) is 0 Å². The van der Waals surface area contributed by atoms with Gasteiger partial charge in [-0.15, -0.1) is 0 Å². The molecule has 1 aromatic carbocycles. The molecule has 0 aromatic heterocycles. The van der Waals surface area contributed by atoms with E-state index in [4.69, 9.17) is 14.2 Å². The van der Waals surface area contributed by atoms with E-state index in [0.29, 0.717) is 13.0 Å². The number of methoxy groups -OCH3 is 2. The van der Waals surface area contributed by atoms with Gasteiger partial charge in [0, 0.05) is 12.1 Å². The van der Waals surface area contributed by atoms with Crippen molar-refractivity contribution >= 4 is 5.97 Å². The number of aromatic hydroxyl groups is 1. The summed E-state index contributed by atoms with van der Waals surface area (Å²) in [4.78, 5) is 14.7. The van der Waals surface area contributed by atoms with E-state index in [9.17, 15) is 20.1 Å². The Morgan fingerprint density at radius 1 is 1.27 bits per heavy atom. The number of likely N-dealkylation sites (N-methyl/N-ethyl adjacent to an activating group) is 1. The van der Waals surface area contributed by atoms with Crippen LogP contribution >= 0.6 is 0 Å². The molecule has 3 aliphatic rings. The molecule has 2 heterocycles. The van der Waals surface area contributed by atoms with E-state index < -0.39 is 29.8 Å². The first-order chi connectivity index (χ1) is 12.4. The molecule has 1 aromatic rings. The van der Waals surface area contributed by atoms with Crippen molar-refractivity contribution in [3.63, 3.8) is 0 Å². The highest BCUT2D eigenvalue weighted by atomic mass is 16.6. The number of nitrogens with zero attached hydrogens (tertiary/aromatic N) is 1. The molecule has 8 nitrogen and oxygen atoms in total. The number of phenolic OH excluding ortho intramolecular Hbond substituents is 1. The van der Waals surface area contributed by atoms with Crippen LogP contribution in [0.2, 0.25) is 0 Å². The molecule has 8 heteroatoms. The van der Waals surface area contributed by atoms with Gasteiger partial charge < -0.3 is 29.5 Å². The van der Waals surface area contributed by atoms with Crippen LogP contribution in [0, 0.1) is 0 Å². The van der Waals surface area contributed by atoms with Gasteiger partial charge in [0.1, 0.15) is 17.8 Å². The van der Waals surface area contributed by atoms with E-state index in [1.807, 2.05) is 11.9 Å². The van der Waals surface area contributed by atoms with Gasteiger partial charge in [-0.05, 0) is 25.1 Å². The predicted molar refractivity (Wildman–Crippen MR) is 89.4 cm³/mol. The third kappa shape index (κ3) is 1.92. The molecule has 140 valence electrons. The molecule has 2 aliphatic heterocycles. The number of benzene rings is 1. The second-order valence-electron chi connectivity index (χ2n) is 6.88. The molecule has 3 N–H and O–H groups in total. The van der Waals surface area contributed by atoms with Crippen molar-refractivity contribution in [2.75, 3.05) is 27.8 Å². The highest BCUT2D eigenvalue weighted by Gasteiger charge is 2.63. The molecule has 0 radical (unpaired) electrons. The largest absolute Gasteiger partial charge is 0.504 e. The van der Waals surface area contributed by atoms with Crippen LogP contribution in [0.1, 0.15) is 22.3 Å². The Bertz CT molecular complexity index is 820. The Hall–Kier alpha value is -2.29. The van der Waals surface area contributed by atoms with E-state index in [0.717, 1.165) is 5.57 Å². The van der Waals surface area contributed by atoms with Gasteiger partial charge in [0.15, 0.2) is 17.1 Å². The molecule has 0 saturated carbocycles. The van der Waals surface area contributed by atoms with Crippen LogP contribution in [0.4, 0.5) is 0 Å². The number of fused-ring (bicyclic) bond motifs is 4. The number of hydrogen-bond acceptors (Lipinski definition) is 8. The fraction of sp³-hybridized carbons (Fsp3) is 0.500. The maximum Gasteiger partial charge on any atom is 0.343 e. The zero-order chi connectivity index (χ0) is 18.8. The summed E-state index contributed by atoms with van der Waals surface area (Å²) in [7, 11) is 4.57. The minimum atomic E-state index is -1.53. The normalized spacial score (nSPS) is 32.9. The van der Waals surface area contributed by atoms with Crippen LogP contribution in [0.25, 0.3) is 0 Å². The van der Waals surface area contributed by atoms with Crippen LogP contribution in [-0.2, 0) is 10.3 Å². The number of carbonyl (C=O) groups excluding carboxylic acids is 1. The van der Waals surface area contributed by atoms with Crippen molar-refractivity contribution in [3.8, 4) is 17.2 Å². The van der Waals surface area contributed by atoms with E-state index in [2.05, 4.69) is 0 Å². The van der Waals surface area contributed by atoms with E-state index >= 15 is 0 Å². The van der Waals surface area contributed by atoms with Crippen molar-refractivity contribution in [1.82, 2.24) is 4.90 Å². The van der Waals surface area contributed by atoms with Crippen LogP contribution < -0.4 is 9.47 Å². The molecule has 0 bridgehead atoms. The number of likely N-dealkylation sites (tertiary alicyclic amines) is 1. The van der Waals surface area contributed by atoms with Gasteiger partial charge in [-0.25, -0.2) is 4.79 Å². The monoisotopic (exact) mass is 363 g/mol. The lowest BCUT2D eigenvalue weighted by molar-refractivity contribution is -0.148. The van der Waals surface area contributed by atoms with E-state index in [1.54, 1.807) is 6.08 Å². The number of carbonyl (C=O) groups is 1. The van der Waals surface area contributed by atoms with Gasteiger partial charge in [0.05, 0.1) is 20.3 Å². The number of aliphatic hydroxyl groups is 2. The summed E-state index contributed by atoms with van der Waals surface area (Å²) in [6.45, 7) is 0.698. The lowest BCUT2D eigenvalue weighted by Gasteiger charge is -2.45. The lowest BCUT2D eigenvalue weighted by Crippen LogP contribution is -2.60. The minimum absolute atomic E-state index is 0.0154. The third-order valence-electron chi connectivity index (χ3n) is 5.61. The highest BCUT2D eigenvalue weighted by Crippen LogP contribution is 2.56. The fourth-order valence-electron chi connectivity index (χ4n) is 4.57. The molecule has 26 heavy (non-hydrogen) atoms. The Morgan fingerprint density at radius 2 is 1.96 bits per heavy atom. The van der Waals surface area contributed by atoms with Crippen LogP contribution in [-0.4, -0.2) is 72.3 Å². The van der Waals surface area contributed by atoms with Crippen molar-refractivity contribution in [2.24, 2.45) is 0 Å². The summed E-state index contributed by atoms with van der Waals surface area (Å²) >= 11 is 0. The summed E-state index contributed by atoms with van der Waals surface area (Å²) < 4.78 is 16.2. The quantitative estimate of drug-likeness (QED) is 0.503. The van der Waals surface area contributed by atoms with Gasteiger partial charge in [-0.3, -0.25) is 4.90 Å². The van der Waals surface area contributed by atoms with Gasteiger partial charge in [-0.2, -0.15) is 0 Å². The topological polar surface area (TPSA) is 109 Å². The molecule has 1 spiro atoms. The highest BCUT2D eigenvalue weighted by molar-refractivity contribution is 6.00. The second kappa shape index (κ2) is 5.60. The SMILES string of the molecule is COc1c(O)cc2c(c1OC)C(=O)O[C@]21[C@H](O)[C@@H](O)C=C2CCN(C)[C@H]21. The first kappa shape index (κ1) is 17.1. The van der Waals surface area contributed by atoms with Gasteiger partial charge in [0.2, 0.25) is 5.75 Å². The van der Waals surface area contributed by atoms with Crippen molar-refractivity contribution < 1.29 is 34.3 Å². The molecule has 4 rings (SSSR count). The number of phenols is 1. The van der Waals surface area contributed by atoms with E-state index in [-0.39, 0.29) is 28.4 Å². The molecular weight excluding hydrogens is 342 g/mol. The smallest absolute Gasteiger partial charge is 0.343 e. The molecule has 1 fully saturated rings. The van der Waals surface area contributed by atoms with Crippen molar-refractivity contribution in [2.45, 2.75) is 30.3 Å². The maximum atomic E-state index is 12.8. The molecule has 0 amide bonds. The minimum Gasteiger partial charge on any atom is -0.504 e. The Labute approximate surface area is 150 Å². The second-order valence-corrected chi connectivity index (χ2v) is 6.88. The fourth-order valence-corrected chi connectivity index (χ4v) is 4.57. The summed E-state index contributed by atoms with van der Waals surface area (Å²) in [6.07, 6.45) is -0.267. The molecule has 1 saturated heterocycles. The summed E-state index contributed by atoms with van der Waals surface area (Å²) in [5, 5.41) is 31.7. The predicted octanol–water partition coefficient (Wildman–Crippen LogP) is 0.141. The summed E-state index contributed by atoms with van der Waals surface area (Å²) in [5.41, 5.74) is -0.262. The maximum absolute atomic E-state index is 12.8. The number of esters is 1. The number of rotatable bonds is 2. The number of ether oxygens (including phenoxy) is 3. The Morgan fingerprint density at radius 3 is 2.62 bits per heavy atom. The number of hydrogen-bond donors (Lipinski definition) is 3. The van der Waals surface area contributed by atoms with Crippen molar-refractivity contribution in [1.29, 1.82) is 0 Å². The average Bonchev–Trinajstić information content (AvgIpc) is 3.10. The molecular formula is C18H21NO7. The third-order valence-corrected chi connectivity index (χ3v) is 5.61.